The summed E-state index contributed by atoms with van der Waals surface area (Å²) in [6.07, 6.45) is 5.52. The Labute approximate surface area is 192 Å². The van der Waals surface area contributed by atoms with E-state index in [-0.39, 0.29) is 11.9 Å². The van der Waals surface area contributed by atoms with Crippen LogP contribution in [0, 0.1) is 6.92 Å². The van der Waals surface area contributed by atoms with Crippen molar-refractivity contribution in [1.82, 2.24) is 24.5 Å². The van der Waals surface area contributed by atoms with Gasteiger partial charge in [-0.15, -0.1) is 0 Å². The Morgan fingerprint density at radius 2 is 2.09 bits per heavy atom. The molecule has 2 aliphatic heterocycles. The molecule has 5 rings (SSSR count). The van der Waals surface area contributed by atoms with Crippen LogP contribution in [-0.4, -0.2) is 87.5 Å². The molecule has 0 bridgehead atoms. The predicted molar refractivity (Wildman–Crippen MR) is 124 cm³/mol. The fraction of sp³-hybridized carbons (Fsp3) is 0.478. The lowest BCUT2D eigenvalue weighted by Crippen LogP contribution is -2.46. The highest BCUT2D eigenvalue weighted by Crippen LogP contribution is 2.31. The topological polar surface area (TPSA) is 108 Å². The average molecular weight is 452 g/mol. The molecule has 3 aromatic rings. The molecular weight excluding hydrogens is 422 g/mol. The summed E-state index contributed by atoms with van der Waals surface area (Å²) in [7, 11) is 0. The van der Waals surface area contributed by atoms with Crippen molar-refractivity contribution in [1.29, 1.82) is 0 Å². The molecule has 0 unspecified atom stereocenters. The fourth-order valence-corrected chi connectivity index (χ4v) is 4.57. The Bertz CT molecular complexity index is 1140. The van der Waals surface area contributed by atoms with E-state index >= 15 is 0 Å². The summed E-state index contributed by atoms with van der Waals surface area (Å²) in [5.41, 5.74) is 2.79. The molecule has 2 saturated heterocycles. The zero-order valence-corrected chi connectivity index (χ0v) is 18.8. The van der Waals surface area contributed by atoms with Gasteiger partial charge in [-0.05, 0) is 31.9 Å². The lowest BCUT2D eigenvalue weighted by molar-refractivity contribution is -0.135. The van der Waals surface area contributed by atoms with Gasteiger partial charge in [-0.3, -0.25) is 4.79 Å². The monoisotopic (exact) mass is 451 g/mol. The van der Waals surface area contributed by atoms with Crippen LogP contribution >= 0.6 is 0 Å². The van der Waals surface area contributed by atoms with Gasteiger partial charge in [-0.25, -0.2) is 14.5 Å². The molecule has 10 nitrogen and oxygen atoms in total. The molecule has 0 saturated carbocycles. The average Bonchev–Trinajstić information content (AvgIpc) is 3.30. The Morgan fingerprint density at radius 1 is 1.24 bits per heavy atom. The number of ether oxygens (including phenoxy) is 1. The Balaban J connectivity index is 1.52. The SMILES string of the molecule is Cc1c(N[C@@H]2CCCN(C(=O)CO)C2)nc(-c2cnn3ccccc23)nc1N1CCOCC1. The van der Waals surface area contributed by atoms with Crippen molar-refractivity contribution in [3.8, 4) is 11.4 Å². The second kappa shape index (κ2) is 9.32. The van der Waals surface area contributed by atoms with Crippen molar-refractivity contribution in [2.24, 2.45) is 0 Å². The Kier molecular flexibility index (Phi) is 6.10. The number of nitrogens with one attached hydrogen (secondary N) is 1. The zero-order valence-electron chi connectivity index (χ0n) is 18.8. The van der Waals surface area contributed by atoms with Crippen molar-refractivity contribution in [3.05, 3.63) is 36.2 Å². The summed E-state index contributed by atoms with van der Waals surface area (Å²) in [5, 5.41) is 17.3. The molecule has 2 fully saturated rings. The first-order valence-corrected chi connectivity index (χ1v) is 11.4. The summed E-state index contributed by atoms with van der Waals surface area (Å²) < 4.78 is 7.36. The maximum atomic E-state index is 12.0. The molecule has 174 valence electrons. The second-order valence-electron chi connectivity index (χ2n) is 8.51. The number of anilines is 2. The van der Waals surface area contributed by atoms with Gasteiger partial charge in [0, 0.05) is 44.0 Å². The van der Waals surface area contributed by atoms with Crippen LogP contribution < -0.4 is 10.2 Å². The highest BCUT2D eigenvalue weighted by atomic mass is 16.5. The molecule has 3 aromatic heterocycles. The number of amides is 1. The summed E-state index contributed by atoms with van der Waals surface area (Å²) in [6, 6.07) is 5.98. The van der Waals surface area contributed by atoms with E-state index in [1.807, 2.05) is 35.8 Å². The molecule has 2 aliphatic rings. The van der Waals surface area contributed by atoms with Gasteiger partial charge in [0.25, 0.3) is 0 Å². The molecular formula is C23H29N7O3. The Morgan fingerprint density at radius 3 is 2.91 bits per heavy atom. The number of piperidine rings is 1. The van der Waals surface area contributed by atoms with Crippen molar-refractivity contribution < 1.29 is 14.6 Å². The quantitative estimate of drug-likeness (QED) is 0.598. The smallest absolute Gasteiger partial charge is 0.248 e. The highest BCUT2D eigenvalue weighted by molar-refractivity contribution is 5.78. The first-order chi connectivity index (χ1) is 16.1. The van der Waals surface area contributed by atoms with Crippen LogP contribution in [0.15, 0.2) is 30.6 Å². The summed E-state index contributed by atoms with van der Waals surface area (Å²) >= 11 is 0. The molecule has 1 atom stereocenters. The summed E-state index contributed by atoms with van der Waals surface area (Å²) in [4.78, 5) is 25.9. The van der Waals surface area contributed by atoms with Crippen molar-refractivity contribution in [2.45, 2.75) is 25.8 Å². The normalized spacial score (nSPS) is 19.2. The summed E-state index contributed by atoms with van der Waals surface area (Å²) in [6.45, 7) is 5.67. The number of aromatic nitrogens is 4. The third-order valence-corrected chi connectivity index (χ3v) is 6.35. The standard InChI is InChI=1S/C23H29N7O3/c1-16-21(25-17-5-4-7-29(14-17)20(32)15-31)26-22(27-23(16)28-9-11-33-12-10-28)18-13-24-30-8-3-2-6-19(18)30/h2-3,6,8,13,17,31H,4-5,7,9-12,14-15H2,1H3,(H,25,26,27)/t17-/m1/s1. The number of morpholine rings is 1. The molecule has 5 heterocycles. The zero-order chi connectivity index (χ0) is 22.8. The summed E-state index contributed by atoms with van der Waals surface area (Å²) in [5.74, 6) is 2.03. The number of pyridine rings is 1. The van der Waals surface area contributed by atoms with Gasteiger partial charge in [0.15, 0.2) is 5.82 Å². The van der Waals surface area contributed by atoms with E-state index in [2.05, 4.69) is 15.3 Å². The minimum atomic E-state index is -0.459. The maximum Gasteiger partial charge on any atom is 0.248 e. The lowest BCUT2D eigenvalue weighted by Gasteiger charge is -2.34. The minimum absolute atomic E-state index is 0.0529. The predicted octanol–water partition coefficient (Wildman–Crippen LogP) is 1.33. The van der Waals surface area contributed by atoms with E-state index in [1.54, 1.807) is 11.1 Å². The molecule has 1 amide bonds. The van der Waals surface area contributed by atoms with Crippen LogP contribution in [0.3, 0.4) is 0 Å². The third kappa shape index (κ3) is 4.36. The molecule has 33 heavy (non-hydrogen) atoms. The maximum absolute atomic E-state index is 12.0. The molecule has 10 heteroatoms. The van der Waals surface area contributed by atoms with Crippen LogP contribution in [0.4, 0.5) is 11.6 Å². The van der Waals surface area contributed by atoms with E-state index in [9.17, 15) is 9.90 Å². The van der Waals surface area contributed by atoms with Gasteiger partial charge in [0.2, 0.25) is 5.91 Å². The molecule has 0 aromatic carbocycles. The van der Waals surface area contributed by atoms with E-state index < -0.39 is 6.61 Å². The largest absolute Gasteiger partial charge is 0.387 e. The number of nitrogens with zero attached hydrogens (tertiary/aromatic N) is 6. The second-order valence-corrected chi connectivity index (χ2v) is 8.51. The number of hydrogen-bond acceptors (Lipinski definition) is 8. The van der Waals surface area contributed by atoms with E-state index in [1.165, 1.54) is 0 Å². The first kappa shape index (κ1) is 21.6. The number of carbonyl (C=O) groups is 1. The number of fused-ring (bicyclic) bond motifs is 1. The van der Waals surface area contributed by atoms with Crippen LogP contribution in [0.2, 0.25) is 0 Å². The molecule has 0 radical (unpaired) electrons. The van der Waals surface area contributed by atoms with Crippen LogP contribution in [0.1, 0.15) is 18.4 Å². The van der Waals surface area contributed by atoms with Crippen LogP contribution in [-0.2, 0) is 9.53 Å². The Hall–Kier alpha value is -3.24. The molecule has 2 N–H and O–H groups in total. The van der Waals surface area contributed by atoms with Crippen LogP contribution in [0.25, 0.3) is 16.9 Å². The van der Waals surface area contributed by atoms with Gasteiger partial charge in [-0.2, -0.15) is 5.10 Å². The van der Waals surface area contributed by atoms with Crippen molar-refractivity contribution in [2.75, 3.05) is 56.2 Å². The first-order valence-electron chi connectivity index (χ1n) is 11.4. The van der Waals surface area contributed by atoms with Crippen LogP contribution in [0.5, 0.6) is 0 Å². The number of aliphatic hydroxyl groups is 1. The molecule has 0 spiro atoms. The lowest BCUT2D eigenvalue weighted by atomic mass is 10.1. The van der Waals surface area contributed by atoms with Crippen molar-refractivity contribution in [3.63, 3.8) is 0 Å². The fourth-order valence-electron chi connectivity index (χ4n) is 4.57. The van der Waals surface area contributed by atoms with E-state index in [0.717, 1.165) is 54.2 Å². The van der Waals surface area contributed by atoms with Gasteiger partial charge in [0.05, 0.1) is 30.5 Å². The number of rotatable bonds is 5. The number of hydrogen-bond donors (Lipinski definition) is 2. The highest BCUT2D eigenvalue weighted by Gasteiger charge is 2.26. The van der Waals surface area contributed by atoms with E-state index in [0.29, 0.717) is 32.1 Å². The van der Waals surface area contributed by atoms with Crippen molar-refractivity contribution >= 4 is 23.1 Å². The number of aliphatic hydroxyl groups excluding tert-OH is 1. The third-order valence-electron chi connectivity index (χ3n) is 6.35. The number of carbonyl (C=O) groups excluding carboxylic acids is 1. The van der Waals surface area contributed by atoms with Gasteiger partial charge in [-0.1, -0.05) is 6.07 Å². The number of likely N-dealkylation sites (tertiary alicyclic amines) is 1. The van der Waals surface area contributed by atoms with Gasteiger partial charge in [0.1, 0.15) is 18.2 Å². The molecule has 0 aliphatic carbocycles. The van der Waals surface area contributed by atoms with E-state index in [4.69, 9.17) is 14.7 Å². The van der Waals surface area contributed by atoms with Gasteiger partial charge < -0.3 is 25.0 Å². The minimum Gasteiger partial charge on any atom is -0.387 e. The van der Waals surface area contributed by atoms with Gasteiger partial charge >= 0.3 is 0 Å².